The molecule has 0 radical (unpaired) electrons. The van der Waals surface area contributed by atoms with Gasteiger partial charge in [0, 0.05) is 31.0 Å². The van der Waals surface area contributed by atoms with E-state index in [1.165, 1.54) is 0 Å². The Bertz CT molecular complexity index is 557. The highest BCUT2D eigenvalue weighted by molar-refractivity contribution is 6.31. The quantitative estimate of drug-likeness (QED) is 0.554. The number of hydrogen-bond donors (Lipinski definition) is 0. The van der Waals surface area contributed by atoms with Crippen molar-refractivity contribution in [3.63, 3.8) is 0 Å². The van der Waals surface area contributed by atoms with Gasteiger partial charge in [-0.15, -0.1) is 11.6 Å². The van der Waals surface area contributed by atoms with Crippen molar-refractivity contribution in [2.24, 2.45) is 0 Å². The topological polar surface area (TPSA) is 36.3 Å². The molecule has 0 spiro atoms. The largest absolute Gasteiger partial charge is 0.382 e. The smallest absolute Gasteiger partial charge is 0.111 e. The number of methoxy groups -OCH3 is 1. The lowest BCUT2D eigenvalue weighted by Crippen LogP contribution is -2.12. The molecule has 1 aromatic carbocycles. The van der Waals surface area contributed by atoms with Gasteiger partial charge in [0.25, 0.3) is 0 Å². The number of benzene rings is 1. The Balaban J connectivity index is 2.13. The summed E-state index contributed by atoms with van der Waals surface area (Å²) >= 11 is 11.8. The average molecular weight is 317 g/mol. The number of ether oxygens (including phenoxy) is 2. The second-order valence-electron chi connectivity index (χ2n) is 4.36. The second-order valence-corrected chi connectivity index (χ2v) is 5.17. The minimum atomic E-state index is 0.543. The lowest BCUT2D eigenvalue weighted by molar-refractivity contribution is 0.0667. The van der Waals surface area contributed by atoms with Crippen molar-refractivity contribution in [1.29, 1.82) is 0 Å². The molecule has 0 amide bonds. The number of aryl methyl sites for hydroxylation is 1. The third-order valence-electron chi connectivity index (χ3n) is 3.00. The highest BCUT2D eigenvalue weighted by Gasteiger charge is 2.10. The Kier molecular flexibility index (Phi) is 6.10. The SMILES string of the molecule is COCCOCCn1c(CCCl)nc2cc(Cl)ccc21. The number of hydrogen-bond acceptors (Lipinski definition) is 3. The molecule has 0 N–H and O–H groups in total. The van der Waals surface area contributed by atoms with E-state index in [0.29, 0.717) is 30.7 Å². The van der Waals surface area contributed by atoms with Gasteiger partial charge < -0.3 is 14.0 Å². The van der Waals surface area contributed by atoms with Crippen LogP contribution in [0.3, 0.4) is 0 Å². The molecule has 1 aromatic heterocycles. The summed E-state index contributed by atoms with van der Waals surface area (Å²) in [6, 6.07) is 5.73. The van der Waals surface area contributed by atoms with E-state index in [-0.39, 0.29) is 0 Å². The zero-order valence-corrected chi connectivity index (χ0v) is 13.0. The lowest BCUT2D eigenvalue weighted by Gasteiger charge is -2.09. The highest BCUT2D eigenvalue weighted by Crippen LogP contribution is 2.21. The molecule has 0 fully saturated rings. The zero-order valence-electron chi connectivity index (χ0n) is 11.4. The monoisotopic (exact) mass is 316 g/mol. The Morgan fingerprint density at radius 1 is 1.25 bits per heavy atom. The molecule has 4 nitrogen and oxygen atoms in total. The third-order valence-corrected chi connectivity index (χ3v) is 3.42. The van der Waals surface area contributed by atoms with Crippen LogP contribution in [0.2, 0.25) is 5.02 Å². The molecule has 0 aliphatic carbocycles. The first-order chi connectivity index (χ1) is 9.76. The van der Waals surface area contributed by atoms with Crippen molar-refractivity contribution >= 4 is 34.2 Å². The van der Waals surface area contributed by atoms with Crippen LogP contribution < -0.4 is 0 Å². The molecule has 0 aliphatic heterocycles. The summed E-state index contributed by atoms with van der Waals surface area (Å²) in [5, 5.41) is 0.691. The van der Waals surface area contributed by atoms with Crippen molar-refractivity contribution in [2.75, 3.05) is 32.8 Å². The van der Waals surface area contributed by atoms with E-state index >= 15 is 0 Å². The van der Waals surface area contributed by atoms with Gasteiger partial charge in [-0.1, -0.05) is 11.6 Å². The molecule has 0 saturated carbocycles. The normalized spacial score (nSPS) is 11.3. The van der Waals surface area contributed by atoms with E-state index in [1.807, 2.05) is 18.2 Å². The zero-order chi connectivity index (χ0) is 14.4. The molecule has 0 atom stereocenters. The summed E-state index contributed by atoms with van der Waals surface area (Å²) in [7, 11) is 1.66. The van der Waals surface area contributed by atoms with Crippen LogP contribution in [0.15, 0.2) is 18.2 Å². The van der Waals surface area contributed by atoms with Crippen LogP contribution in [0.4, 0.5) is 0 Å². The van der Waals surface area contributed by atoms with Gasteiger partial charge in [-0.2, -0.15) is 0 Å². The summed E-state index contributed by atoms with van der Waals surface area (Å²) in [4.78, 5) is 4.59. The van der Waals surface area contributed by atoms with E-state index in [2.05, 4.69) is 9.55 Å². The molecular weight excluding hydrogens is 299 g/mol. The summed E-state index contributed by atoms with van der Waals surface area (Å²) < 4.78 is 12.6. The Morgan fingerprint density at radius 3 is 2.85 bits per heavy atom. The van der Waals surface area contributed by atoms with Gasteiger partial charge in [0.2, 0.25) is 0 Å². The summed E-state index contributed by atoms with van der Waals surface area (Å²) in [6.45, 7) is 2.56. The van der Waals surface area contributed by atoms with E-state index in [1.54, 1.807) is 7.11 Å². The van der Waals surface area contributed by atoms with Gasteiger partial charge in [0.1, 0.15) is 5.82 Å². The maximum Gasteiger partial charge on any atom is 0.111 e. The van der Waals surface area contributed by atoms with Crippen LogP contribution in [0.5, 0.6) is 0 Å². The number of fused-ring (bicyclic) bond motifs is 1. The van der Waals surface area contributed by atoms with Gasteiger partial charge in [0.15, 0.2) is 0 Å². The minimum Gasteiger partial charge on any atom is -0.382 e. The molecule has 0 unspecified atom stereocenters. The standard InChI is InChI=1S/C14H18Cl2N2O2/c1-19-8-9-20-7-6-18-13-3-2-11(16)10-12(13)17-14(18)4-5-15/h2-3,10H,4-9H2,1H3. The summed E-state index contributed by atoms with van der Waals surface area (Å²) in [5.74, 6) is 1.51. The number of halogens is 2. The number of nitrogens with zero attached hydrogens (tertiary/aromatic N) is 2. The molecule has 0 bridgehead atoms. The molecule has 1 heterocycles. The van der Waals surface area contributed by atoms with Crippen molar-refractivity contribution in [3.8, 4) is 0 Å². The lowest BCUT2D eigenvalue weighted by atomic mass is 10.3. The van der Waals surface area contributed by atoms with E-state index in [0.717, 1.165) is 29.8 Å². The molecule has 110 valence electrons. The van der Waals surface area contributed by atoms with Gasteiger partial charge in [-0.3, -0.25) is 0 Å². The van der Waals surface area contributed by atoms with Crippen molar-refractivity contribution < 1.29 is 9.47 Å². The summed E-state index contributed by atoms with van der Waals surface area (Å²) in [5.41, 5.74) is 1.96. The van der Waals surface area contributed by atoms with Crippen LogP contribution in [0, 0.1) is 0 Å². The first kappa shape index (κ1) is 15.6. The number of rotatable bonds is 8. The van der Waals surface area contributed by atoms with Crippen molar-refractivity contribution in [2.45, 2.75) is 13.0 Å². The molecule has 2 aromatic rings. The predicted octanol–water partition coefficient (Wildman–Crippen LogP) is 3.13. The van der Waals surface area contributed by atoms with E-state index in [9.17, 15) is 0 Å². The number of aromatic nitrogens is 2. The predicted molar refractivity (Wildman–Crippen MR) is 81.9 cm³/mol. The van der Waals surface area contributed by atoms with E-state index in [4.69, 9.17) is 32.7 Å². The average Bonchev–Trinajstić information content (AvgIpc) is 2.76. The van der Waals surface area contributed by atoms with Gasteiger partial charge in [0.05, 0.1) is 30.9 Å². The van der Waals surface area contributed by atoms with Crippen LogP contribution in [-0.4, -0.2) is 42.4 Å². The fourth-order valence-electron chi connectivity index (χ4n) is 2.08. The minimum absolute atomic E-state index is 0.543. The van der Waals surface area contributed by atoms with Gasteiger partial charge >= 0.3 is 0 Å². The molecule has 0 saturated heterocycles. The highest BCUT2D eigenvalue weighted by atomic mass is 35.5. The maximum atomic E-state index is 6.00. The molecular formula is C14H18Cl2N2O2. The molecule has 20 heavy (non-hydrogen) atoms. The number of imidazole rings is 1. The fraction of sp³-hybridized carbons (Fsp3) is 0.500. The first-order valence-electron chi connectivity index (χ1n) is 6.53. The summed E-state index contributed by atoms with van der Waals surface area (Å²) in [6.07, 6.45) is 0.728. The van der Waals surface area contributed by atoms with Crippen molar-refractivity contribution in [3.05, 3.63) is 29.0 Å². The maximum absolute atomic E-state index is 6.00. The van der Waals surface area contributed by atoms with Gasteiger partial charge in [-0.05, 0) is 18.2 Å². The van der Waals surface area contributed by atoms with Crippen LogP contribution in [-0.2, 0) is 22.4 Å². The third kappa shape index (κ3) is 3.85. The van der Waals surface area contributed by atoms with Crippen molar-refractivity contribution in [1.82, 2.24) is 9.55 Å². The van der Waals surface area contributed by atoms with E-state index < -0.39 is 0 Å². The Labute approximate surface area is 128 Å². The Morgan fingerprint density at radius 2 is 2.10 bits per heavy atom. The molecule has 6 heteroatoms. The molecule has 2 rings (SSSR count). The van der Waals surface area contributed by atoms with Gasteiger partial charge in [-0.25, -0.2) is 4.98 Å². The number of alkyl halides is 1. The first-order valence-corrected chi connectivity index (χ1v) is 7.45. The second kappa shape index (κ2) is 7.84. The molecule has 0 aliphatic rings. The fourth-order valence-corrected chi connectivity index (χ4v) is 2.41. The van der Waals surface area contributed by atoms with Crippen LogP contribution >= 0.6 is 23.2 Å². The Hall–Kier alpha value is -0.810. The van der Waals surface area contributed by atoms with Crippen LogP contribution in [0.1, 0.15) is 5.82 Å². The van der Waals surface area contributed by atoms with Crippen LogP contribution in [0.25, 0.3) is 11.0 Å².